The Labute approximate surface area is 114 Å². The molecule has 0 spiro atoms. The lowest BCUT2D eigenvalue weighted by Crippen LogP contribution is -2.30. The average Bonchev–Trinajstić information content (AvgIpc) is 2.41. The third-order valence-corrected chi connectivity index (χ3v) is 3.29. The summed E-state index contributed by atoms with van der Waals surface area (Å²) in [5.74, 6) is 0.0621. The highest BCUT2D eigenvalue weighted by atomic mass is 16.5. The van der Waals surface area contributed by atoms with E-state index >= 15 is 0 Å². The first-order valence-electron chi connectivity index (χ1n) is 6.78. The second-order valence-electron chi connectivity index (χ2n) is 5.30. The molecule has 1 saturated heterocycles. The Morgan fingerprint density at radius 1 is 1.42 bits per heavy atom. The first-order chi connectivity index (χ1) is 9.16. The number of nitrogens with zero attached hydrogens (tertiary/aromatic N) is 1. The first kappa shape index (κ1) is 14.0. The molecular formula is C15H22N2O2. The SMILES string of the molecule is CN(C)Cc1ccccc1NC(=O)C1CCCOC1. The van der Waals surface area contributed by atoms with Crippen LogP contribution in [0, 0.1) is 5.92 Å². The lowest BCUT2D eigenvalue weighted by molar-refractivity contribution is -0.123. The van der Waals surface area contributed by atoms with Crippen LogP contribution in [0.4, 0.5) is 5.69 Å². The maximum absolute atomic E-state index is 12.2. The van der Waals surface area contributed by atoms with Crippen molar-refractivity contribution in [3.05, 3.63) is 29.8 Å². The van der Waals surface area contributed by atoms with Gasteiger partial charge >= 0.3 is 0 Å². The Morgan fingerprint density at radius 3 is 2.89 bits per heavy atom. The van der Waals surface area contributed by atoms with Gasteiger partial charge in [0, 0.05) is 18.8 Å². The smallest absolute Gasteiger partial charge is 0.229 e. The second kappa shape index (κ2) is 6.68. The van der Waals surface area contributed by atoms with Crippen LogP contribution >= 0.6 is 0 Å². The van der Waals surface area contributed by atoms with Crippen LogP contribution in [-0.4, -0.2) is 38.1 Å². The van der Waals surface area contributed by atoms with E-state index in [0.29, 0.717) is 6.61 Å². The van der Waals surface area contributed by atoms with Crippen LogP contribution in [0.25, 0.3) is 0 Å². The van der Waals surface area contributed by atoms with Gasteiger partial charge in [0.2, 0.25) is 5.91 Å². The molecule has 0 radical (unpaired) electrons. The molecule has 1 atom stereocenters. The molecule has 0 bridgehead atoms. The number of benzene rings is 1. The van der Waals surface area contributed by atoms with E-state index in [4.69, 9.17) is 4.74 Å². The summed E-state index contributed by atoms with van der Waals surface area (Å²) in [5, 5.41) is 3.04. The van der Waals surface area contributed by atoms with Crippen molar-refractivity contribution in [3.8, 4) is 0 Å². The van der Waals surface area contributed by atoms with Crippen molar-refractivity contribution in [2.24, 2.45) is 5.92 Å². The van der Waals surface area contributed by atoms with E-state index in [1.54, 1.807) is 0 Å². The van der Waals surface area contributed by atoms with Crippen molar-refractivity contribution in [1.82, 2.24) is 4.90 Å². The molecule has 1 aliphatic heterocycles. The molecule has 1 N–H and O–H groups in total. The third kappa shape index (κ3) is 4.04. The predicted octanol–water partition coefficient (Wildman–Crippen LogP) is 2.11. The number of hydrogen-bond donors (Lipinski definition) is 1. The molecule has 104 valence electrons. The lowest BCUT2D eigenvalue weighted by Gasteiger charge is -2.22. The first-order valence-corrected chi connectivity index (χ1v) is 6.78. The summed E-state index contributed by atoms with van der Waals surface area (Å²) in [6.07, 6.45) is 1.89. The van der Waals surface area contributed by atoms with Crippen LogP contribution < -0.4 is 5.32 Å². The zero-order valence-corrected chi connectivity index (χ0v) is 11.7. The van der Waals surface area contributed by atoms with Gasteiger partial charge in [-0.25, -0.2) is 0 Å². The summed E-state index contributed by atoms with van der Waals surface area (Å²) >= 11 is 0. The summed E-state index contributed by atoms with van der Waals surface area (Å²) in [4.78, 5) is 14.3. The Kier molecular flexibility index (Phi) is 4.93. The van der Waals surface area contributed by atoms with Gasteiger partial charge in [0.1, 0.15) is 0 Å². The molecule has 4 heteroatoms. The van der Waals surface area contributed by atoms with E-state index in [-0.39, 0.29) is 11.8 Å². The van der Waals surface area contributed by atoms with Crippen molar-refractivity contribution in [3.63, 3.8) is 0 Å². The number of nitrogens with one attached hydrogen (secondary N) is 1. The van der Waals surface area contributed by atoms with Crippen molar-refractivity contribution >= 4 is 11.6 Å². The van der Waals surface area contributed by atoms with Crippen molar-refractivity contribution in [2.75, 3.05) is 32.6 Å². The molecule has 4 nitrogen and oxygen atoms in total. The Morgan fingerprint density at radius 2 is 2.21 bits per heavy atom. The van der Waals surface area contributed by atoms with Crippen molar-refractivity contribution in [1.29, 1.82) is 0 Å². The Hall–Kier alpha value is -1.39. The number of amides is 1. The van der Waals surface area contributed by atoms with Gasteiger partial charge in [0.15, 0.2) is 0 Å². The van der Waals surface area contributed by atoms with Crippen LogP contribution in [-0.2, 0) is 16.1 Å². The number of anilines is 1. The monoisotopic (exact) mass is 262 g/mol. The minimum absolute atomic E-state index is 0.0128. The fourth-order valence-corrected chi connectivity index (χ4v) is 2.30. The van der Waals surface area contributed by atoms with Crippen LogP contribution in [0.5, 0.6) is 0 Å². The van der Waals surface area contributed by atoms with Gasteiger partial charge < -0.3 is 15.0 Å². The fourth-order valence-electron chi connectivity index (χ4n) is 2.30. The van der Waals surface area contributed by atoms with Gasteiger partial charge in [0.25, 0.3) is 0 Å². The molecule has 1 heterocycles. The summed E-state index contributed by atoms with van der Waals surface area (Å²) in [7, 11) is 4.04. The molecule has 19 heavy (non-hydrogen) atoms. The van der Waals surface area contributed by atoms with Crippen LogP contribution in [0.15, 0.2) is 24.3 Å². The molecular weight excluding hydrogens is 240 g/mol. The molecule has 0 aromatic heterocycles. The number of hydrogen-bond acceptors (Lipinski definition) is 3. The van der Waals surface area contributed by atoms with Gasteiger partial charge in [-0.1, -0.05) is 18.2 Å². The van der Waals surface area contributed by atoms with Crippen LogP contribution in [0.2, 0.25) is 0 Å². The van der Waals surface area contributed by atoms with Crippen molar-refractivity contribution < 1.29 is 9.53 Å². The largest absolute Gasteiger partial charge is 0.381 e. The fraction of sp³-hybridized carbons (Fsp3) is 0.533. The minimum atomic E-state index is -0.0128. The van der Waals surface area contributed by atoms with Crippen LogP contribution in [0.3, 0.4) is 0 Å². The van der Waals surface area contributed by atoms with Crippen molar-refractivity contribution in [2.45, 2.75) is 19.4 Å². The normalized spacial score (nSPS) is 19.4. The van der Waals surface area contributed by atoms with Gasteiger partial charge in [-0.3, -0.25) is 4.79 Å². The Balaban J connectivity index is 2.03. The number of carbonyl (C=O) groups is 1. The topological polar surface area (TPSA) is 41.6 Å². The highest BCUT2D eigenvalue weighted by Crippen LogP contribution is 2.20. The summed E-state index contributed by atoms with van der Waals surface area (Å²) < 4.78 is 5.37. The number of para-hydroxylation sites is 1. The van der Waals surface area contributed by atoms with Gasteiger partial charge in [0.05, 0.1) is 12.5 Å². The molecule has 1 unspecified atom stereocenters. The molecule has 1 aromatic carbocycles. The summed E-state index contributed by atoms with van der Waals surface area (Å²) in [5.41, 5.74) is 2.05. The third-order valence-electron chi connectivity index (χ3n) is 3.29. The predicted molar refractivity (Wildman–Crippen MR) is 76.0 cm³/mol. The highest BCUT2D eigenvalue weighted by Gasteiger charge is 2.22. The highest BCUT2D eigenvalue weighted by molar-refractivity contribution is 5.93. The van der Waals surface area contributed by atoms with E-state index in [0.717, 1.165) is 37.2 Å². The quantitative estimate of drug-likeness (QED) is 0.903. The zero-order chi connectivity index (χ0) is 13.7. The minimum Gasteiger partial charge on any atom is -0.381 e. The van der Waals surface area contributed by atoms with E-state index in [1.165, 1.54) is 0 Å². The summed E-state index contributed by atoms with van der Waals surface area (Å²) in [6.45, 7) is 2.14. The maximum Gasteiger partial charge on any atom is 0.229 e. The number of rotatable bonds is 4. The molecule has 0 aliphatic carbocycles. The standard InChI is InChI=1S/C15H22N2O2/c1-17(2)10-12-6-3-4-8-14(12)16-15(18)13-7-5-9-19-11-13/h3-4,6,8,13H,5,7,9-11H2,1-2H3,(H,16,18). The molecule has 1 fully saturated rings. The number of carbonyl (C=O) groups excluding carboxylic acids is 1. The molecule has 1 aliphatic rings. The maximum atomic E-state index is 12.2. The molecule has 0 saturated carbocycles. The van der Waals surface area contributed by atoms with E-state index in [2.05, 4.69) is 10.2 Å². The lowest BCUT2D eigenvalue weighted by atomic mass is 10.0. The van der Waals surface area contributed by atoms with Crippen LogP contribution in [0.1, 0.15) is 18.4 Å². The average molecular weight is 262 g/mol. The summed E-state index contributed by atoms with van der Waals surface area (Å²) in [6, 6.07) is 7.96. The Bertz CT molecular complexity index is 426. The van der Waals surface area contributed by atoms with E-state index in [1.807, 2.05) is 38.4 Å². The molecule has 1 amide bonds. The van der Waals surface area contributed by atoms with Gasteiger partial charge in [-0.05, 0) is 38.6 Å². The van der Waals surface area contributed by atoms with E-state index < -0.39 is 0 Å². The molecule has 1 aromatic rings. The van der Waals surface area contributed by atoms with Gasteiger partial charge in [-0.15, -0.1) is 0 Å². The van der Waals surface area contributed by atoms with Gasteiger partial charge in [-0.2, -0.15) is 0 Å². The molecule has 2 rings (SSSR count). The van der Waals surface area contributed by atoms with E-state index in [9.17, 15) is 4.79 Å². The second-order valence-corrected chi connectivity index (χ2v) is 5.30. The number of ether oxygens (including phenoxy) is 1. The zero-order valence-electron chi connectivity index (χ0n) is 11.7.